The number of anilines is 1. The highest BCUT2D eigenvalue weighted by Crippen LogP contribution is 2.27. The van der Waals surface area contributed by atoms with Crippen LogP contribution >= 0.6 is 0 Å². The smallest absolute Gasteiger partial charge is 0.261 e. The van der Waals surface area contributed by atoms with Crippen LogP contribution in [0.3, 0.4) is 0 Å². The van der Waals surface area contributed by atoms with Gasteiger partial charge in [-0.25, -0.2) is 8.42 Å². The molecule has 6 nitrogen and oxygen atoms in total. The minimum absolute atomic E-state index is 0.152. The lowest BCUT2D eigenvalue weighted by atomic mass is 9.95. The van der Waals surface area contributed by atoms with Gasteiger partial charge >= 0.3 is 0 Å². The molecule has 1 amide bonds. The molecule has 1 fully saturated rings. The molecule has 1 saturated heterocycles. The fraction of sp³-hybridized carbons (Fsp3) is 0.400. The predicted octanol–water partition coefficient (Wildman–Crippen LogP) is 3.34. The van der Waals surface area contributed by atoms with Crippen LogP contribution in [0.15, 0.2) is 47.5 Å². The summed E-state index contributed by atoms with van der Waals surface area (Å²) in [6.45, 7) is 7.33. The lowest BCUT2D eigenvalue weighted by Gasteiger charge is -2.38. The maximum absolute atomic E-state index is 12.5. The van der Waals surface area contributed by atoms with E-state index in [1.165, 1.54) is 6.20 Å². The molecule has 0 atom stereocenters. The Balaban J connectivity index is 1.65. The Morgan fingerprint density at radius 1 is 1.19 bits per heavy atom. The van der Waals surface area contributed by atoms with Crippen LogP contribution < -0.4 is 4.72 Å². The SMILES string of the molecule is CCC(=O)N1CC(c2ccc(NS(=O)(=O)c3ccc(C(C)C)cc3)cn2)C1. The fourth-order valence-electron chi connectivity index (χ4n) is 3.05. The molecule has 0 bridgehead atoms. The second-order valence-corrected chi connectivity index (χ2v) is 8.83. The molecular formula is C20H25N3O3S. The molecule has 0 spiro atoms. The van der Waals surface area contributed by atoms with Crippen molar-refractivity contribution in [1.82, 2.24) is 9.88 Å². The summed E-state index contributed by atoms with van der Waals surface area (Å²) in [5, 5.41) is 0. The zero-order valence-corrected chi connectivity index (χ0v) is 16.7. The summed E-state index contributed by atoms with van der Waals surface area (Å²) in [6, 6.07) is 10.4. The average molecular weight is 388 g/mol. The van der Waals surface area contributed by atoms with Crippen molar-refractivity contribution in [3.05, 3.63) is 53.9 Å². The summed E-state index contributed by atoms with van der Waals surface area (Å²) in [7, 11) is -3.65. The van der Waals surface area contributed by atoms with E-state index >= 15 is 0 Å². The van der Waals surface area contributed by atoms with Gasteiger partial charge in [0.25, 0.3) is 10.0 Å². The van der Waals surface area contributed by atoms with E-state index < -0.39 is 10.0 Å². The summed E-state index contributed by atoms with van der Waals surface area (Å²) < 4.78 is 27.6. The standard InChI is InChI=1S/C20H25N3O3S/c1-4-20(24)23-12-16(13-23)19-10-7-17(11-21-19)22-27(25,26)18-8-5-15(6-9-18)14(2)3/h5-11,14,16,22H,4,12-13H2,1-3H3. The normalized spacial score (nSPS) is 14.9. The molecule has 3 rings (SSSR count). The number of nitrogens with zero attached hydrogens (tertiary/aromatic N) is 2. The van der Waals surface area contributed by atoms with Crippen molar-refractivity contribution >= 4 is 21.6 Å². The molecule has 2 heterocycles. The van der Waals surface area contributed by atoms with E-state index in [1.54, 1.807) is 18.2 Å². The van der Waals surface area contributed by atoms with Crippen LogP contribution in [0.4, 0.5) is 5.69 Å². The summed E-state index contributed by atoms with van der Waals surface area (Å²) in [6.07, 6.45) is 2.04. The largest absolute Gasteiger partial charge is 0.341 e. The third-order valence-corrected chi connectivity index (χ3v) is 6.25. The van der Waals surface area contributed by atoms with Crippen molar-refractivity contribution in [2.45, 2.75) is 43.9 Å². The molecule has 0 radical (unpaired) electrons. The number of benzene rings is 1. The average Bonchev–Trinajstić information content (AvgIpc) is 2.61. The molecule has 0 aliphatic carbocycles. The number of carbonyl (C=O) groups is 1. The first-order valence-corrected chi connectivity index (χ1v) is 10.6. The quantitative estimate of drug-likeness (QED) is 0.824. The van der Waals surface area contributed by atoms with Gasteiger partial charge in [-0.05, 0) is 35.7 Å². The van der Waals surface area contributed by atoms with E-state index in [0.717, 1.165) is 11.3 Å². The van der Waals surface area contributed by atoms with Gasteiger partial charge in [-0.15, -0.1) is 0 Å². The first-order chi connectivity index (χ1) is 12.8. The van der Waals surface area contributed by atoms with Crippen LogP contribution in [-0.2, 0) is 14.8 Å². The van der Waals surface area contributed by atoms with Crippen molar-refractivity contribution in [3.8, 4) is 0 Å². The number of likely N-dealkylation sites (tertiary alicyclic amines) is 1. The highest BCUT2D eigenvalue weighted by molar-refractivity contribution is 7.92. The molecule has 144 valence electrons. The maximum atomic E-state index is 12.5. The highest BCUT2D eigenvalue weighted by Gasteiger charge is 2.31. The van der Waals surface area contributed by atoms with Gasteiger partial charge in [0.15, 0.2) is 0 Å². The van der Waals surface area contributed by atoms with Crippen LogP contribution in [0.2, 0.25) is 0 Å². The van der Waals surface area contributed by atoms with Crippen LogP contribution in [-0.4, -0.2) is 37.3 Å². The highest BCUT2D eigenvalue weighted by atomic mass is 32.2. The Hall–Kier alpha value is -2.41. The Labute approximate surface area is 160 Å². The molecule has 1 aliphatic heterocycles. The van der Waals surface area contributed by atoms with E-state index in [9.17, 15) is 13.2 Å². The number of amides is 1. The van der Waals surface area contributed by atoms with Crippen molar-refractivity contribution in [3.63, 3.8) is 0 Å². The lowest BCUT2D eigenvalue weighted by Crippen LogP contribution is -2.48. The van der Waals surface area contributed by atoms with E-state index in [2.05, 4.69) is 23.6 Å². The second kappa shape index (κ2) is 7.68. The second-order valence-electron chi connectivity index (χ2n) is 7.15. The van der Waals surface area contributed by atoms with E-state index in [-0.39, 0.29) is 16.7 Å². The third kappa shape index (κ3) is 4.30. The number of pyridine rings is 1. The summed E-state index contributed by atoms with van der Waals surface area (Å²) >= 11 is 0. The van der Waals surface area contributed by atoms with Crippen LogP contribution in [0.1, 0.15) is 50.3 Å². The van der Waals surface area contributed by atoms with E-state index in [1.807, 2.05) is 30.0 Å². The molecule has 2 aromatic rings. The van der Waals surface area contributed by atoms with E-state index in [0.29, 0.717) is 31.1 Å². The Bertz CT molecular complexity index is 900. The van der Waals surface area contributed by atoms with Gasteiger partial charge in [0, 0.05) is 31.1 Å². The molecule has 0 unspecified atom stereocenters. The number of rotatable bonds is 6. The first-order valence-electron chi connectivity index (χ1n) is 9.16. The molecular weight excluding hydrogens is 362 g/mol. The molecule has 1 aliphatic rings. The van der Waals surface area contributed by atoms with Gasteiger partial charge in [-0.3, -0.25) is 14.5 Å². The van der Waals surface area contributed by atoms with E-state index in [4.69, 9.17) is 0 Å². The number of carbonyl (C=O) groups excluding carboxylic acids is 1. The van der Waals surface area contributed by atoms with Crippen molar-refractivity contribution in [2.24, 2.45) is 0 Å². The first kappa shape index (κ1) is 19.4. The van der Waals surface area contributed by atoms with Crippen LogP contribution in [0, 0.1) is 0 Å². The van der Waals surface area contributed by atoms with Gasteiger partial charge in [-0.2, -0.15) is 0 Å². The Kier molecular flexibility index (Phi) is 5.51. The van der Waals surface area contributed by atoms with Gasteiger partial charge < -0.3 is 4.90 Å². The molecule has 27 heavy (non-hydrogen) atoms. The molecule has 1 aromatic heterocycles. The monoisotopic (exact) mass is 387 g/mol. The van der Waals surface area contributed by atoms with Crippen molar-refractivity contribution in [2.75, 3.05) is 17.8 Å². The number of sulfonamides is 1. The Morgan fingerprint density at radius 2 is 1.85 bits per heavy atom. The van der Waals surface area contributed by atoms with Gasteiger partial charge in [0.1, 0.15) is 0 Å². The number of hydrogen-bond donors (Lipinski definition) is 1. The van der Waals surface area contributed by atoms with Gasteiger partial charge in [-0.1, -0.05) is 32.9 Å². The molecule has 7 heteroatoms. The Morgan fingerprint density at radius 3 is 2.37 bits per heavy atom. The number of nitrogens with one attached hydrogen (secondary N) is 1. The van der Waals surface area contributed by atoms with Crippen molar-refractivity contribution in [1.29, 1.82) is 0 Å². The lowest BCUT2D eigenvalue weighted by molar-refractivity contribution is -0.135. The minimum Gasteiger partial charge on any atom is -0.341 e. The minimum atomic E-state index is -3.65. The summed E-state index contributed by atoms with van der Waals surface area (Å²) in [5.74, 6) is 0.718. The summed E-state index contributed by atoms with van der Waals surface area (Å²) in [5.41, 5.74) is 2.39. The molecule has 1 N–H and O–H groups in total. The zero-order chi connectivity index (χ0) is 19.6. The topological polar surface area (TPSA) is 79.4 Å². The van der Waals surface area contributed by atoms with Crippen LogP contribution in [0.5, 0.6) is 0 Å². The number of hydrogen-bond acceptors (Lipinski definition) is 4. The van der Waals surface area contributed by atoms with Crippen LogP contribution in [0.25, 0.3) is 0 Å². The fourth-order valence-corrected chi connectivity index (χ4v) is 4.09. The van der Waals surface area contributed by atoms with Gasteiger partial charge in [0.2, 0.25) is 5.91 Å². The molecule has 1 aromatic carbocycles. The zero-order valence-electron chi connectivity index (χ0n) is 15.8. The maximum Gasteiger partial charge on any atom is 0.261 e. The third-order valence-electron chi connectivity index (χ3n) is 4.85. The summed E-state index contributed by atoms with van der Waals surface area (Å²) in [4.78, 5) is 18.0. The van der Waals surface area contributed by atoms with Gasteiger partial charge in [0.05, 0.1) is 16.8 Å². The predicted molar refractivity (Wildman–Crippen MR) is 105 cm³/mol. The number of aromatic nitrogens is 1. The molecule has 0 saturated carbocycles. The van der Waals surface area contributed by atoms with Crippen molar-refractivity contribution < 1.29 is 13.2 Å².